The molecule has 0 heterocycles. The largest absolute Gasteiger partial charge is 0.483 e. The van der Waals surface area contributed by atoms with E-state index in [4.69, 9.17) is 5.26 Å². The maximum absolute atomic E-state index is 12.1. The van der Waals surface area contributed by atoms with E-state index in [2.05, 4.69) is 20.7 Å². The Hall–Kier alpha value is -2.96. The lowest BCUT2D eigenvalue weighted by molar-refractivity contribution is -0.153. The molecule has 10 heteroatoms. The van der Waals surface area contributed by atoms with Gasteiger partial charge in [-0.1, -0.05) is 0 Å². The average Bonchev–Trinajstić information content (AvgIpc) is 2.50. The van der Waals surface area contributed by atoms with E-state index >= 15 is 0 Å². The molecule has 0 bridgehead atoms. The molecule has 0 aliphatic heterocycles. The Morgan fingerprint density at radius 1 is 1.33 bits per heavy atom. The smallest absolute Gasteiger partial charge is 0.422 e. The number of hydrogen-bond donors (Lipinski definition) is 3. The highest BCUT2D eigenvalue weighted by Crippen LogP contribution is 2.24. The summed E-state index contributed by atoms with van der Waals surface area (Å²) >= 11 is 0. The van der Waals surface area contributed by atoms with Gasteiger partial charge in [0.1, 0.15) is 11.8 Å². The van der Waals surface area contributed by atoms with Crippen molar-refractivity contribution in [3.05, 3.63) is 23.8 Å². The summed E-state index contributed by atoms with van der Waals surface area (Å²) in [6.07, 6.45) is -4.51. The number of nitrogens with one attached hydrogen (secondary N) is 3. The second-order valence-corrected chi connectivity index (χ2v) is 4.49. The Labute approximate surface area is 135 Å². The first-order chi connectivity index (χ1) is 11.2. The maximum Gasteiger partial charge on any atom is 0.422 e. The number of imide groups is 1. The molecule has 130 valence electrons. The van der Waals surface area contributed by atoms with Crippen LogP contribution < -0.4 is 20.7 Å². The van der Waals surface area contributed by atoms with Crippen molar-refractivity contribution in [1.82, 2.24) is 10.6 Å². The summed E-state index contributed by atoms with van der Waals surface area (Å²) in [7, 11) is 0. The zero-order chi connectivity index (χ0) is 18.2. The molecular weight excluding hydrogens is 329 g/mol. The van der Waals surface area contributed by atoms with Crippen LogP contribution in [0.25, 0.3) is 0 Å². The number of halogens is 3. The molecular formula is C14H15F3N4O3. The van der Waals surface area contributed by atoms with Gasteiger partial charge in [0.25, 0.3) is 0 Å². The van der Waals surface area contributed by atoms with Gasteiger partial charge in [-0.2, -0.15) is 18.4 Å². The molecule has 0 aliphatic carbocycles. The number of benzene rings is 1. The molecule has 0 aliphatic rings. The van der Waals surface area contributed by atoms with Crippen molar-refractivity contribution in [3.8, 4) is 11.8 Å². The third kappa shape index (κ3) is 6.87. The molecule has 1 aromatic carbocycles. The molecule has 0 spiro atoms. The van der Waals surface area contributed by atoms with Crippen LogP contribution in [0.4, 0.5) is 23.7 Å². The SMILES string of the molecule is CCNC(=O)NC(=O)CNc1ccc(OCC(F)(F)F)c(C#N)c1. The van der Waals surface area contributed by atoms with Gasteiger partial charge < -0.3 is 15.4 Å². The van der Waals surface area contributed by atoms with Gasteiger partial charge in [0, 0.05) is 12.2 Å². The summed E-state index contributed by atoms with van der Waals surface area (Å²) in [5, 5.41) is 16.0. The molecule has 24 heavy (non-hydrogen) atoms. The number of carbonyl (C=O) groups is 2. The summed E-state index contributed by atoms with van der Waals surface area (Å²) in [5.74, 6) is -0.830. The molecule has 3 amide bonds. The van der Waals surface area contributed by atoms with E-state index in [9.17, 15) is 22.8 Å². The Balaban J connectivity index is 2.63. The number of nitrogens with zero attached hydrogens (tertiary/aromatic N) is 1. The molecule has 7 nitrogen and oxygen atoms in total. The fraction of sp³-hybridized carbons (Fsp3) is 0.357. The normalized spacial score (nSPS) is 10.5. The van der Waals surface area contributed by atoms with Gasteiger partial charge in [-0.3, -0.25) is 10.1 Å². The zero-order valence-corrected chi connectivity index (χ0v) is 12.7. The van der Waals surface area contributed by atoms with E-state index in [1.807, 2.05) is 0 Å². The minimum Gasteiger partial charge on any atom is -0.483 e. The number of carbonyl (C=O) groups excluding carboxylic acids is 2. The van der Waals surface area contributed by atoms with E-state index < -0.39 is 24.7 Å². The molecule has 0 atom stereocenters. The number of alkyl halides is 3. The highest BCUT2D eigenvalue weighted by molar-refractivity contribution is 5.96. The van der Waals surface area contributed by atoms with Crippen molar-refractivity contribution in [2.24, 2.45) is 0 Å². The molecule has 0 aromatic heterocycles. The van der Waals surface area contributed by atoms with Crippen LogP contribution in [0.5, 0.6) is 5.75 Å². The lowest BCUT2D eigenvalue weighted by Crippen LogP contribution is -2.41. The lowest BCUT2D eigenvalue weighted by Gasteiger charge is -2.12. The van der Waals surface area contributed by atoms with Crippen molar-refractivity contribution >= 4 is 17.6 Å². The number of anilines is 1. The first kappa shape index (κ1) is 19.1. The highest BCUT2D eigenvalue weighted by atomic mass is 19.4. The summed E-state index contributed by atoms with van der Waals surface area (Å²) in [6, 6.07) is 4.85. The van der Waals surface area contributed by atoms with Crippen LogP contribution in [0, 0.1) is 11.3 Å². The quantitative estimate of drug-likeness (QED) is 0.730. The van der Waals surface area contributed by atoms with E-state index in [-0.39, 0.29) is 17.9 Å². The van der Waals surface area contributed by atoms with Crippen LogP contribution in [0.1, 0.15) is 12.5 Å². The number of amides is 3. The maximum atomic E-state index is 12.1. The van der Waals surface area contributed by atoms with Crippen molar-refractivity contribution in [2.75, 3.05) is 25.0 Å². The van der Waals surface area contributed by atoms with Crippen LogP contribution in [0.2, 0.25) is 0 Å². The van der Waals surface area contributed by atoms with Crippen molar-refractivity contribution in [2.45, 2.75) is 13.1 Å². The average molecular weight is 344 g/mol. The fourth-order valence-corrected chi connectivity index (χ4v) is 1.57. The topological polar surface area (TPSA) is 103 Å². The monoisotopic (exact) mass is 344 g/mol. The lowest BCUT2D eigenvalue weighted by atomic mass is 10.2. The number of hydrogen-bond acceptors (Lipinski definition) is 5. The summed E-state index contributed by atoms with van der Waals surface area (Å²) < 4.78 is 40.9. The van der Waals surface area contributed by atoms with Crippen LogP contribution in [-0.2, 0) is 4.79 Å². The number of urea groups is 1. The van der Waals surface area contributed by atoms with Crippen LogP contribution in [-0.4, -0.2) is 37.8 Å². The fourth-order valence-electron chi connectivity index (χ4n) is 1.57. The molecule has 0 saturated carbocycles. The summed E-state index contributed by atoms with van der Waals surface area (Å²) in [4.78, 5) is 22.6. The van der Waals surface area contributed by atoms with Crippen LogP contribution in [0.15, 0.2) is 18.2 Å². The van der Waals surface area contributed by atoms with E-state index in [1.54, 1.807) is 13.0 Å². The van der Waals surface area contributed by atoms with Crippen molar-refractivity contribution < 1.29 is 27.5 Å². The van der Waals surface area contributed by atoms with Crippen molar-refractivity contribution in [1.29, 1.82) is 5.26 Å². The predicted octanol–water partition coefficient (Wildman–Crippen LogP) is 1.76. The van der Waals surface area contributed by atoms with Gasteiger partial charge in [-0.05, 0) is 25.1 Å². The molecule has 1 aromatic rings. The second-order valence-electron chi connectivity index (χ2n) is 4.49. The molecule has 3 N–H and O–H groups in total. The van der Waals surface area contributed by atoms with Gasteiger partial charge >= 0.3 is 12.2 Å². The van der Waals surface area contributed by atoms with Crippen molar-refractivity contribution in [3.63, 3.8) is 0 Å². The van der Waals surface area contributed by atoms with Gasteiger partial charge in [-0.15, -0.1) is 0 Å². The number of rotatable bonds is 6. The minimum atomic E-state index is -4.51. The van der Waals surface area contributed by atoms with Gasteiger partial charge in [0.05, 0.1) is 12.1 Å². The number of nitriles is 1. The molecule has 0 radical (unpaired) electrons. The zero-order valence-electron chi connectivity index (χ0n) is 12.7. The Morgan fingerprint density at radius 2 is 2.04 bits per heavy atom. The molecule has 0 fully saturated rings. The second kappa shape index (κ2) is 8.61. The standard InChI is InChI=1S/C14H15F3N4O3/c1-2-19-13(23)21-12(22)7-20-10-3-4-11(9(5-10)6-18)24-8-14(15,16)17/h3-5,20H,2,7-8H2,1H3,(H2,19,21,22,23). The van der Waals surface area contributed by atoms with Gasteiger partial charge in [-0.25, -0.2) is 4.79 Å². The Kier molecular flexibility index (Phi) is 6.85. The van der Waals surface area contributed by atoms with Gasteiger partial charge in [0.2, 0.25) is 5.91 Å². The van der Waals surface area contributed by atoms with Crippen LogP contribution >= 0.6 is 0 Å². The molecule has 1 rings (SSSR count). The first-order valence-electron chi connectivity index (χ1n) is 6.80. The van der Waals surface area contributed by atoms with E-state index in [1.165, 1.54) is 18.2 Å². The third-order valence-corrected chi connectivity index (χ3v) is 2.53. The minimum absolute atomic E-state index is 0.117. The first-order valence-corrected chi connectivity index (χ1v) is 6.80. The molecule has 0 saturated heterocycles. The van der Waals surface area contributed by atoms with Crippen LogP contribution in [0.3, 0.4) is 0 Å². The highest BCUT2D eigenvalue weighted by Gasteiger charge is 2.28. The van der Waals surface area contributed by atoms with E-state index in [0.29, 0.717) is 12.2 Å². The molecule has 0 unspecified atom stereocenters. The van der Waals surface area contributed by atoms with Gasteiger partial charge in [0.15, 0.2) is 6.61 Å². The third-order valence-electron chi connectivity index (χ3n) is 2.53. The number of ether oxygens (including phenoxy) is 1. The Morgan fingerprint density at radius 3 is 2.62 bits per heavy atom. The summed E-state index contributed by atoms with van der Waals surface area (Å²) in [6.45, 7) is 0.278. The Bertz CT molecular complexity index is 641. The van der Waals surface area contributed by atoms with E-state index in [0.717, 1.165) is 0 Å². The summed E-state index contributed by atoms with van der Waals surface area (Å²) in [5.41, 5.74) is 0.199. The predicted molar refractivity (Wildman–Crippen MR) is 78.4 cm³/mol.